The van der Waals surface area contributed by atoms with E-state index in [1.807, 2.05) is 6.92 Å². The average Bonchev–Trinajstić information content (AvgIpc) is 3.26. The number of nitrogen functional groups attached to an aromatic ring is 1. The molecule has 0 fully saturated rings. The van der Waals surface area contributed by atoms with Crippen LogP contribution in [-0.4, -0.2) is 53.4 Å². The number of halogens is 2. The smallest absolute Gasteiger partial charge is 0.274 e. The second kappa shape index (κ2) is 10.2. The third-order valence-electron chi connectivity index (χ3n) is 5.37. The molecule has 4 aromatic rings. The standard InChI is InChI=1S/C21H22F2N8O.C2H2/c1-11-9-26-16(10-25-11)20(32)30(3)12(2)5-4-6-17-27-19-14-7-13(22)8-15(23)18(14)28-21(24)31(19)29-17;1-2/h7-10,12H,4-6H2,1-3H3,(H2,24,28);1-2H/t12-;/m0./s1. The van der Waals surface area contributed by atoms with Crippen LogP contribution in [0.2, 0.25) is 0 Å². The summed E-state index contributed by atoms with van der Waals surface area (Å²) in [6.07, 6.45) is 12.9. The summed E-state index contributed by atoms with van der Waals surface area (Å²) in [5.41, 5.74) is 7.12. The summed E-state index contributed by atoms with van der Waals surface area (Å²) in [5, 5.41) is 4.53. The number of anilines is 1. The highest BCUT2D eigenvalue weighted by Crippen LogP contribution is 2.23. The maximum absolute atomic E-state index is 14.1. The first-order chi connectivity index (χ1) is 16.2. The lowest BCUT2D eigenvalue weighted by molar-refractivity contribution is 0.0729. The Labute approximate surface area is 195 Å². The fourth-order valence-corrected chi connectivity index (χ4v) is 3.44. The Morgan fingerprint density at radius 1 is 1.21 bits per heavy atom. The minimum atomic E-state index is -0.807. The van der Waals surface area contributed by atoms with Gasteiger partial charge < -0.3 is 10.6 Å². The van der Waals surface area contributed by atoms with E-state index in [9.17, 15) is 13.6 Å². The van der Waals surface area contributed by atoms with E-state index in [1.165, 1.54) is 10.7 Å². The lowest BCUT2D eigenvalue weighted by Gasteiger charge is -2.24. The van der Waals surface area contributed by atoms with Crippen LogP contribution in [0, 0.1) is 31.4 Å². The van der Waals surface area contributed by atoms with Gasteiger partial charge in [-0.3, -0.25) is 9.78 Å². The molecular weight excluding hydrogens is 442 g/mol. The molecule has 0 saturated heterocycles. The largest absolute Gasteiger partial charge is 0.368 e. The maximum atomic E-state index is 14.1. The van der Waals surface area contributed by atoms with Crippen molar-refractivity contribution in [2.24, 2.45) is 0 Å². The molecule has 0 unspecified atom stereocenters. The van der Waals surface area contributed by atoms with Crippen molar-refractivity contribution in [2.75, 3.05) is 12.8 Å². The minimum Gasteiger partial charge on any atom is -0.368 e. The molecule has 1 atom stereocenters. The Morgan fingerprint density at radius 3 is 2.62 bits per heavy atom. The summed E-state index contributed by atoms with van der Waals surface area (Å²) in [5.74, 6) is -1.30. The van der Waals surface area contributed by atoms with E-state index in [-0.39, 0.29) is 34.4 Å². The third-order valence-corrected chi connectivity index (χ3v) is 5.37. The van der Waals surface area contributed by atoms with Crippen LogP contribution in [0.15, 0.2) is 24.5 Å². The highest BCUT2D eigenvalue weighted by atomic mass is 19.1. The van der Waals surface area contributed by atoms with E-state index in [1.54, 1.807) is 25.1 Å². The van der Waals surface area contributed by atoms with Gasteiger partial charge in [0.1, 0.15) is 17.0 Å². The van der Waals surface area contributed by atoms with E-state index >= 15 is 0 Å². The van der Waals surface area contributed by atoms with Gasteiger partial charge in [-0.1, -0.05) is 0 Å². The SMILES string of the molecule is C#C.Cc1cnc(C(=O)N(C)[C@@H](C)CCCc2nc3c4cc(F)cc(F)c4nc(N)n3n2)cn1. The zero-order valence-corrected chi connectivity index (χ0v) is 19.0. The van der Waals surface area contributed by atoms with E-state index in [0.29, 0.717) is 30.8 Å². The van der Waals surface area contributed by atoms with Crippen molar-refractivity contribution in [1.29, 1.82) is 0 Å². The van der Waals surface area contributed by atoms with Crippen molar-refractivity contribution in [3.63, 3.8) is 0 Å². The van der Waals surface area contributed by atoms with Crippen LogP contribution in [0.25, 0.3) is 16.6 Å². The summed E-state index contributed by atoms with van der Waals surface area (Å²) >= 11 is 0. The molecule has 4 rings (SSSR count). The summed E-state index contributed by atoms with van der Waals surface area (Å²) in [6.45, 7) is 3.75. The Morgan fingerprint density at radius 2 is 1.94 bits per heavy atom. The van der Waals surface area contributed by atoms with Crippen molar-refractivity contribution in [3.8, 4) is 12.8 Å². The summed E-state index contributed by atoms with van der Waals surface area (Å²) < 4.78 is 29.1. The molecule has 9 nitrogen and oxygen atoms in total. The topological polar surface area (TPSA) is 115 Å². The van der Waals surface area contributed by atoms with Gasteiger partial charge >= 0.3 is 0 Å². The second-order valence-corrected chi connectivity index (χ2v) is 7.72. The van der Waals surface area contributed by atoms with Gasteiger partial charge in [-0.25, -0.2) is 23.7 Å². The molecule has 0 saturated carbocycles. The number of fused-ring (bicyclic) bond motifs is 3. The quantitative estimate of drug-likeness (QED) is 0.435. The van der Waals surface area contributed by atoms with Crippen LogP contribution < -0.4 is 5.73 Å². The number of nitrogens with zero attached hydrogens (tertiary/aromatic N) is 7. The van der Waals surface area contributed by atoms with Gasteiger partial charge in [0.15, 0.2) is 17.3 Å². The van der Waals surface area contributed by atoms with Crippen molar-refractivity contribution >= 4 is 28.4 Å². The highest BCUT2D eigenvalue weighted by Gasteiger charge is 2.20. The number of amides is 1. The summed E-state index contributed by atoms with van der Waals surface area (Å²) in [6, 6.07) is 1.86. The monoisotopic (exact) mass is 466 g/mol. The van der Waals surface area contributed by atoms with E-state index in [2.05, 4.69) is 37.9 Å². The molecule has 1 amide bonds. The average molecular weight is 466 g/mol. The number of rotatable bonds is 6. The first-order valence-electron chi connectivity index (χ1n) is 10.4. The molecule has 176 valence electrons. The van der Waals surface area contributed by atoms with Crippen molar-refractivity contribution in [2.45, 2.75) is 39.2 Å². The van der Waals surface area contributed by atoms with Gasteiger partial charge in [0.2, 0.25) is 5.95 Å². The zero-order chi connectivity index (χ0) is 25.0. The fraction of sp³-hybridized carbons (Fsp3) is 0.304. The molecule has 3 aromatic heterocycles. The van der Waals surface area contributed by atoms with E-state index < -0.39 is 11.6 Å². The number of carbonyl (C=O) groups excluding carboxylic acids is 1. The van der Waals surface area contributed by atoms with Crippen LogP contribution >= 0.6 is 0 Å². The number of hydrogen-bond acceptors (Lipinski definition) is 7. The molecule has 11 heteroatoms. The molecule has 2 N–H and O–H groups in total. The molecule has 0 aliphatic heterocycles. The molecule has 0 bridgehead atoms. The first-order valence-corrected chi connectivity index (χ1v) is 10.4. The molecule has 3 heterocycles. The highest BCUT2D eigenvalue weighted by molar-refractivity contribution is 5.93. The molecule has 0 spiro atoms. The Hall–Kier alpha value is -4.20. The van der Waals surface area contributed by atoms with Crippen molar-refractivity contribution in [1.82, 2.24) is 34.4 Å². The number of nitrogens with two attached hydrogens (primary N) is 1. The third kappa shape index (κ3) is 4.91. The van der Waals surface area contributed by atoms with Crippen LogP contribution in [0.1, 0.15) is 41.8 Å². The van der Waals surface area contributed by atoms with Crippen LogP contribution in [0.5, 0.6) is 0 Å². The number of terminal acetylenes is 1. The molecule has 0 radical (unpaired) electrons. The number of carbonyl (C=O) groups is 1. The normalized spacial score (nSPS) is 11.7. The van der Waals surface area contributed by atoms with Gasteiger partial charge in [0.25, 0.3) is 5.91 Å². The lowest BCUT2D eigenvalue weighted by atomic mass is 10.1. The Bertz CT molecular complexity index is 1350. The summed E-state index contributed by atoms with van der Waals surface area (Å²) in [4.78, 5) is 30.8. The predicted octanol–water partition coefficient (Wildman–Crippen LogP) is 2.97. The summed E-state index contributed by atoms with van der Waals surface area (Å²) in [7, 11) is 1.72. The number of aromatic nitrogens is 6. The number of benzene rings is 1. The van der Waals surface area contributed by atoms with Gasteiger partial charge in [0.05, 0.1) is 17.3 Å². The van der Waals surface area contributed by atoms with Crippen molar-refractivity contribution in [3.05, 3.63) is 53.4 Å². The molecular formula is C23H24F2N8O. The number of aryl methyl sites for hydroxylation is 2. The predicted molar refractivity (Wildman–Crippen MR) is 124 cm³/mol. The zero-order valence-electron chi connectivity index (χ0n) is 19.0. The van der Waals surface area contributed by atoms with E-state index in [4.69, 9.17) is 5.73 Å². The van der Waals surface area contributed by atoms with Gasteiger partial charge in [0, 0.05) is 31.8 Å². The molecule has 0 aliphatic rings. The molecule has 0 aliphatic carbocycles. The van der Waals surface area contributed by atoms with Gasteiger partial charge in [-0.2, -0.15) is 4.52 Å². The fourth-order valence-electron chi connectivity index (χ4n) is 3.44. The second-order valence-electron chi connectivity index (χ2n) is 7.72. The number of hydrogen-bond donors (Lipinski definition) is 1. The lowest BCUT2D eigenvalue weighted by Crippen LogP contribution is -2.35. The Balaban J connectivity index is 0.00000158. The van der Waals surface area contributed by atoms with Gasteiger partial charge in [-0.05, 0) is 32.8 Å². The molecule has 1 aromatic carbocycles. The van der Waals surface area contributed by atoms with Crippen LogP contribution in [-0.2, 0) is 6.42 Å². The van der Waals surface area contributed by atoms with Crippen LogP contribution in [0.3, 0.4) is 0 Å². The maximum Gasteiger partial charge on any atom is 0.274 e. The van der Waals surface area contributed by atoms with E-state index in [0.717, 1.165) is 17.8 Å². The Kier molecular flexibility index (Phi) is 7.31. The van der Waals surface area contributed by atoms with Crippen LogP contribution in [0.4, 0.5) is 14.7 Å². The first kappa shape index (κ1) is 24.4. The minimum absolute atomic E-state index is 0.0327. The van der Waals surface area contributed by atoms with Gasteiger partial charge in [-0.15, -0.1) is 17.9 Å². The van der Waals surface area contributed by atoms with Crippen molar-refractivity contribution < 1.29 is 13.6 Å². The molecule has 34 heavy (non-hydrogen) atoms.